The maximum Gasteiger partial charge on any atom is 0.338 e. The van der Waals surface area contributed by atoms with Gasteiger partial charge in [0.05, 0.1) is 35.8 Å². The Morgan fingerprint density at radius 2 is 1.81 bits per heavy atom. The van der Waals surface area contributed by atoms with Crippen LogP contribution in [-0.2, 0) is 38.1 Å². The average molecular weight is 443 g/mol. The SMILES string of the molecule is CCOC(=O)c1cccc(N2C(=O)[C@H]3[C@@H](C2=O)[C@@]2(C(OC(C)=O)OC(C)=O)C=C[C@H]3O2)c1. The van der Waals surface area contributed by atoms with Crippen molar-refractivity contribution in [1.29, 1.82) is 0 Å². The Morgan fingerprint density at radius 1 is 1.12 bits per heavy atom. The second-order valence-electron chi connectivity index (χ2n) is 7.63. The Bertz CT molecular complexity index is 1030. The molecular formula is C22H21NO9. The van der Waals surface area contributed by atoms with Gasteiger partial charge in [0.15, 0.2) is 5.60 Å². The van der Waals surface area contributed by atoms with Crippen LogP contribution in [0.1, 0.15) is 31.1 Å². The zero-order valence-electron chi connectivity index (χ0n) is 17.6. The number of carbonyl (C=O) groups is 5. The molecule has 0 radical (unpaired) electrons. The first-order chi connectivity index (χ1) is 15.2. The van der Waals surface area contributed by atoms with E-state index in [1.807, 2.05) is 0 Å². The van der Waals surface area contributed by atoms with E-state index < -0.39 is 59.6 Å². The number of imide groups is 1. The van der Waals surface area contributed by atoms with Crippen LogP contribution in [0, 0.1) is 11.8 Å². The lowest BCUT2D eigenvalue weighted by Gasteiger charge is -2.34. The van der Waals surface area contributed by atoms with Gasteiger partial charge in [0.1, 0.15) is 0 Å². The van der Waals surface area contributed by atoms with Crippen LogP contribution in [-0.4, -0.2) is 54.3 Å². The largest absolute Gasteiger partial charge is 0.462 e. The van der Waals surface area contributed by atoms with Crippen LogP contribution in [0.15, 0.2) is 36.4 Å². The minimum Gasteiger partial charge on any atom is -0.462 e. The zero-order valence-corrected chi connectivity index (χ0v) is 17.6. The highest BCUT2D eigenvalue weighted by Gasteiger charge is 2.72. The van der Waals surface area contributed by atoms with Crippen LogP contribution >= 0.6 is 0 Å². The molecule has 0 unspecified atom stereocenters. The van der Waals surface area contributed by atoms with Gasteiger partial charge in [-0.3, -0.25) is 19.2 Å². The number of rotatable bonds is 6. The first-order valence-corrected chi connectivity index (χ1v) is 10.1. The molecule has 0 spiro atoms. The van der Waals surface area contributed by atoms with E-state index in [0.717, 1.165) is 18.7 Å². The van der Waals surface area contributed by atoms with Crippen molar-refractivity contribution in [2.45, 2.75) is 38.8 Å². The van der Waals surface area contributed by atoms with Crippen LogP contribution < -0.4 is 4.90 Å². The van der Waals surface area contributed by atoms with Crippen molar-refractivity contribution in [3.63, 3.8) is 0 Å². The molecule has 3 aliphatic heterocycles. The summed E-state index contributed by atoms with van der Waals surface area (Å²) in [6.07, 6.45) is 0.781. The van der Waals surface area contributed by atoms with Gasteiger partial charge in [-0.05, 0) is 31.2 Å². The first kappa shape index (κ1) is 21.7. The molecule has 2 saturated heterocycles. The van der Waals surface area contributed by atoms with Crippen LogP contribution in [0.2, 0.25) is 0 Å². The predicted octanol–water partition coefficient (Wildman–Crippen LogP) is 1.13. The van der Waals surface area contributed by atoms with E-state index in [0.29, 0.717) is 0 Å². The van der Waals surface area contributed by atoms with E-state index in [-0.39, 0.29) is 17.9 Å². The van der Waals surface area contributed by atoms with Crippen molar-refractivity contribution in [2.75, 3.05) is 11.5 Å². The van der Waals surface area contributed by atoms with Gasteiger partial charge >= 0.3 is 17.9 Å². The minimum absolute atomic E-state index is 0.176. The van der Waals surface area contributed by atoms with Gasteiger partial charge in [0.25, 0.3) is 6.29 Å². The van der Waals surface area contributed by atoms with E-state index in [2.05, 4.69) is 0 Å². The number of carbonyl (C=O) groups excluding carboxylic acids is 5. The lowest BCUT2D eigenvalue weighted by Crippen LogP contribution is -2.52. The van der Waals surface area contributed by atoms with Crippen molar-refractivity contribution < 1.29 is 42.9 Å². The number of benzene rings is 1. The highest BCUT2D eigenvalue weighted by molar-refractivity contribution is 6.23. The highest BCUT2D eigenvalue weighted by Crippen LogP contribution is 2.54. The highest BCUT2D eigenvalue weighted by atomic mass is 16.7. The Balaban J connectivity index is 1.71. The molecule has 3 aliphatic rings. The lowest BCUT2D eigenvalue weighted by atomic mass is 9.76. The Kier molecular flexibility index (Phi) is 5.33. The molecule has 10 nitrogen and oxygen atoms in total. The fraction of sp³-hybridized carbons (Fsp3) is 0.409. The summed E-state index contributed by atoms with van der Waals surface area (Å²) in [7, 11) is 0. The second-order valence-corrected chi connectivity index (χ2v) is 7.63. The van der Waals surface area contributed by atoms with E-state index in [1.165, 1.54) is 30.3 Å². The first-order valence-electron chi connectivity index (χ1n) is 10.1. The Morgan fingerprint density at radius 3 is 2.44 bits per heavy atom. The van der Waals surface area contributed by atoms with E-state index in [1.54, 1.807) is 13.0 Å². The molecule has 2 amide bonds. The monoisotopic (exact) mass is 443 g/mol. The van der Waals surface area contributed by atoms with Gasteiger partial charge in [-0.25, -0.2) is 9.69 Å². The number of fused-ring (bicyclic) bond motifs is 5. The van der Waals surface area contributed by atoms with Gasteiger partial charge < -0.3 is 18.9 Å². The summed E-state index contributed by atoms with van der Waals surface area (Å²) in [5, 5.41) is 0. The number of amides is 2. The van der Waals surface area contributed by atoms with Gasteiger partial charge in [-0.15, -0.1) is 0 Å². The maximum atomic E-state index is 13.5. The average Bonchev–Trinajstić information content (AvgIpc) is 3.38. The van der Waals surface area contributed by atoms with Crippen molar-refractivity contribution in [1.82, 2.24) is 0 Å². The molecule has 0 N–H and O–H groups in total. The summed E-state index contributed by atoms with van der Waals surface area (Å²) >= 11 is 0. The summed E-state index contributed by atoms with van der Waals surface area (Å²) in [5.41, 5.74) is -1.25. The molecule has 10 heteroatoms. The number of hydrogen-bond donors (Lipinski definition) is 0. The van der Waals surface area contributed by atoms with Crippen molar-refractivity contribution in [3.8, 4) is 0 Å². The molecule has 2 bridgehead atoms. The van der Waals surface area contributed by atoms with Crippen molar-refractivity contribution in [3.05, 3.63) is 42.0 Å². The number of esters is 3. The maximum absolute atomic E-state index is 13.5. The minimum atomic E-state index is -1.63. The number of ether oxygens (including phenoxy) is 4. The van der Waals surface area contributed by atoms with E-state index in [9.17, 15) is 24.0 Å². The molecule has 1 aromatic carbocycles. The van der Waals surface area contributed by atoms with Crippen LogP contribution in [0.25, 0.3) is 0 Å². The molecule has 2 fully saturated rings. The van der Waals surface area contributed by atoms with E-state index in [4.69, 9.17) is 18.9 Å². The quantitative estimate of drug-likeness (QED) is 0.275. The molecule has 4 atom stereocenters. The Hall–Kier alpha value is -3.53. The third-order valence-corrected chi connectivity index (χ3v) is 5.61. The molecule has 0 aliphatic carbocycles. The normalized spacial score (nSPS) is 27.6. The number of nitrogens with zero attached hydrogens (tertiary/aromatic N) is 1. The van der Waals surface area contributed by atoms with Gasteiger partial charge in [-0.2, -0.15) is 0 Å². The lowest BCUT2D eigenvalue weighted by molar-refractivity contribution is -0.226. The fourth-order valence-corrected chi connectivity index (χ4v) is 4.46. The standard InChI is InChI=1S/C22H21NO9/c1-4-29-20(28)13-6-5-7-14(10-13)23-18(26)16-15-8-9-22(32-15,17(16)19(23)27)21(30-11(2)24)31-12(3)25/h5-10,15-17,21H,4H2,1-3H3/t15-,16-,17+,22-/m1/s1. The molecule has 168 valence electrons. The third kappa shape index (κ3) is 3.27. The van der Waals surface area contributed by atoms with Crippen molar-refractivity contribution in [2.24, 2.45) is 11.8 Å². The van der Waals surface area contributed by atoms with Gasteiger partial charge in [0, 0.05) is 13.8 Å². The summed E-state index contributed by atoms with van der Waals surface area (Å²) in [4.78, 5) is 63.1. The summed E-state index contributed by atoms with van der Waals surface area (Å²) < 4.78 is 21.2. The molecule has 0 saturated carbocycles. The second kappa shape index (κ2) is 7.86. The molecule has 1 aromatic rings. The van der Waals surface area contributed by atoms with Crippen LogP contribution in [0.4, 0.5) is 5.69 Å². The van der Waals surface area contributed by atoms with E-state index >= 15 is 0 Å². The molecule has 3 heterocycles. The van der Waals surface area contributed by atoms with Gasteiger partial charge in [-0.1, -0.05) is 12.1 Å². The molecular weight excluding hydrogens is 422 g/mol. The number of anilines is 1. The predicted molar refractivity (Wildman–Crippen MR) is 106 cm³/mol. The topological polar surface area (TPSA) is 126 Å². The zero-order chi connectivity index (χ0) is 23.2. The Labute approximate surface area is 183 Å². The number of hydrogen-bond acceptors (Lipinski definition) is 9. The fourth-order valence-electron chi connectivity index (χ4n) is 4.46. The van der Waals surface area contributed by atoms with Crippen LogP contribution in [0.3, 0.4) is 0 Å². The smallest absolute Gasteiger partial charge is 0.338 e. The van der Waals surface area contributed by atoms with Crippen molar-refractivity contribution >= 4 is 35.4 Å². The summed E-state index contributed by atoms with van der Waals surface area (Å²) in [6.45, 7) is 4.10. The summed E-state index contributed by atoms with van der Waals surface area (Å²) in [6, 6.07) is 5.97. The van der Waals surface area contributed by atoms with Crippen LogP contribution in [0.5, 0.6) is 0 Å². The third-order valence-electron chi connectivity index (χ3n) is 5.61. The molecule has 4 rings (SSSR count). The molecule has 32 heavy (non-hydrogen) atoms. The summed E-state index contributed by atoms with van der Waals surface area (Å²) in [5.74, 6) is -5.19. The van der Waals surface area contributed by atoms with Gasteiger partial charge in [0.2, 0.25) is 11.8 Å². The molecule has 0 aromatic heterocycles.